The lowest BCUT2D eigenvalue weighted by molar-refractivity contribution is -0.139. The van der Waals surface area contributed by atoms with Crippen LogP contribution in [0.2, 0.25) is 0 Å². The van der Waals surface area contributed by atoms with Crippen LogP contribution in [0.1, 0.15) is 51.0 Å². The van der Waals surface area contributed by atoms with Crippen LogP contribution in [0, 0.1) is 11.3 Å². The SMILES string of the molecule is CCOC(=O)C1=C(C)OC(N)=C(C#N)C1c1ccc(N2CCCCCC2)cc1. The fraction of sp³-hybridized carbons (Fsp3) is 0.455. The Kier molecular flexibility index (Phi) is 6.25. The Bertz CT molecular complexity index is 826. The van der Waals surface area contributed by atoms with E-state index < -0.39 is 11.9 Å². The van der Waals surface area contributed by atoms with Crippen LogP contribution in [0.5, 0.6) is 0 Å². The average Bonchev–Trinajstić information content (AvgIpc) is 2.97. The first-order chi connectivity index (χ1) is 13.6. The molecule has 0 aliphatic carbocycles. The summed E-state index contributed by atoms with van der Waals surface area (Å²) in [7, 11) is 0. The van der Waals surface area contributed by atoms with Gasteiger partial charge in [0.25, 0.3) is 0 Å². The number of hydrogen-bond acceptors (Lipinski definition) is 6. The van der Waals surface area contributed by atoms with Crippen LogP contribution in [0.4, 0.5) is 5.69 Å². The number of hydrogen-bond donors (Lipinski definition) is 1. The highest BCUT2D eigenvalue weighted by atomic mass is 16.5. The largest absolute Gasteiger partial charge is 0.463 e. The molecule has 0 aromatic heterocycles. The smallest absolute Gasteiger partial charge is 0.338 e. The number of benzene rings is 1. The quantitative estimate of drug-likeness (QED) is 0.800. The average molecular weight is 381 g/mol. The lowest BCUT2D eigenvalue weighted by Gasteiger charge is -2.28. The molecule has 1 fully saturated rings. The molecular formula is C22H27N3O3. The zero-order valence-corrected chi connectivity index (χ0v) is 16.5. The molecule has 2 heterocycles. The molecule has 6 heteroatoms. The molecule has 2 N–H and O–H groups in total. The Morgan fingerprint density at radius 3 is 2.46 bits per heavy atom. The first kappa shape index (κ1) is 19.8. The summed E-state index contributed by atoms with van der Waals surface area (Å²) in [5.74, 6) is -0.663. The fourth-order valence-electron chi connectivity index (χ4n) is 3.89. The van der Waals surface area contributed by atoms with E-state index >= 15 is 0 Å². The standard InChI is InChI=1S/C22H27N3O3/c1-3-27-22(26)19-15(2)28-21(24)18(14-23)20(19)16-8-10-17(11-9-16)25-12-6-4-5-7-13-25/h8-11,20H,3-7,12-13,24H2,1-2H3. The summed E-state index contributed by atoms with van der Waals surface area (Å²) >= 11 is 0. The van der Waals surface area contributed by atoms with Gasteiger partial charge in [-0.15, -0.1) is 0 Å². The maximum atomic E-state index is 12.6. The number of nitrogens with two attached hydrogens (primary N) is 1. The minimum Gasteiger partial charge on any atom is -0.463 e. The molecule has 0 bridgehead atoms. The number of carbonyl (C=O) groups is 1. The normalized spacial score (nSPS) is 20.3. The van der Waals surface area contributed by atoms with Crippen LogP contribution < -0.4 is 10.6 Å². The van der Waals surface area contributed by atoms with Crippen LogP contribution in [0.3, 0.4) is 0 Å². The van der Waals surface area contributed by atoms with Crippen molar-refractivity contribution in [2.45, 2.75) is 45.4 Å². The molecular weight excluding hydrogens is 354 g/mol. The number of nitriles is 1. The van der Waals surface area contributed by atoms with Crippen molar-refractivity contribution in [1.29, 1.82) is 5.26 Å². The van der Waals surface area contributed by atoms with Crippen LogP contribution in [-0.4, -0.2) is 25.7 Å². The molecule has 2 aliphatic rings. The summed E-state index contributed by atoms with van der Waals surface area (Å²) < 4.78 is 10.7. The monoisotopic (exact) mass is 381 g/mol. The molecule has 1 aromatic rings. The van der Waals surface area contributed by atoms with Crippen LogP contribution >= 0.6 is 0 Å². The molecule has 2 aliphatic heterocycles. The molecule has 1 aromatic carbocycles. The zero-order chi connectivity index (χ0) is 20.1. The molecule has 0 saturated carbocycles. The van der Waals surface area contributed by atoms with Crippen LogP contribution in [-0.2, 0) is 14.3 Å². The Balaban J connectivity index is 1.96. The molecule has 1 atom stereocenters. The number of rotatable bonds is 4. The second kappa shape index (κ2) is 8.83. The van der Waals surface area contributed by atoms with E-state index in [9.17, 15) is 10.1 Å². The van der Waals surface area contributed by atoms with Crippen molar-refractivity contribution in [3.05, 3.63) is 52.6 Å². The van der Waals surface area contributed by atoms with Crippen LogP contribution in [0.25, 0.3) is 0 Å². The summed E-state index contributed by atoms with van der Waals surface area (Å²) in [4.78, 5) is 15.0. The summed E-state index contributed by atoms with van der Waals surface area (Å²) in [5, 5.41) is 9.65. The van der Waals surface area contributed by atoms with E-state index in [4.69, 9.17) is 15.2 Å². The van der Waals surface area contributed by atoms with Gasteiger partial charge in [-0.25, -0.2) is 4.79 Å². The van der Waals surface area contributed by atoms with Gasteiger partial charge in [0.15, 0.2) is 0 Å². The number of nitrogens with zero attached hydrogens (tertiary/aromatic N) is 2. The van der Waals surface area contributed by atoms with Gasteiger partial charge in [-0.1, -0.05) is 25.0 Å². The van der Waals surface area contributed by atoms with Gasteiger partial charge in [0.1, 0.15) is 17.4 Å². The highest BCUT2D eigenvalue weighted by molar-refractivity contribution is 5.92. The van der Waals surface area contributed by atoms with Gasteiger partial charge < -0.3 is 20.1 Å². The van der Waals surface area contributed by atoms with Gasteiger partial charge in [0.2, 0.25) is 5.88 Å². The molecule has 1 saturated heterocycles. The topological polar surface area (TPSA) is 88.6 Å². The highest BCUT2D eigenvalue weighted by Gasteiger charge is 2.36. The third-order valence-corrected chi connectivity index (χ3v) is 5.30. The number of anilines is 1. The van der Waals surface area contributed by atoms with Gasteiger partial charge in [-0.2, -0.15) is 5.26 Å². The van der Waals surface area contributed by atoms with E-state index in [2.05, 4.69) is 23.1 Å². The summed E-state index contributed by atoms with van der Waals surface area (Å²) in [6.45, 7) is 5.78. The number of allylic oxidation sites excluding steroid dienone is 2. The van der Waals surface area contributed by atoms with Crippen molar-refractivity contribution < 1.29 is 14.3 Å². The van der Waals surface area contributed by atoms with Crippen molar-refractivity contribution in [1.82, 2.24) is 0 Å². The molecule has 0 radical (unpaired) electrons. The van der Waals surface area contributed by atoms with E-state index in [1.807, 2.05) is 12.1 Å². The summed E-state index contributed by atoms with van der Waals surface area (Å²) in [6.07, 6.45) is 4.96. The molecule has 3 rings (SSSR count). The summed E-state index contributed by atoms with van der Waals surface area (Å²) in [5.41, 5.74) is 8.49. The van der Waals surface area contributed by atoms with Gasteiger partial charge in [0.05, 0.1) is 18.1 Å². The predicted molar refractivity (Wildman–Crippen MR) is 107 cm³/mol. The van der Waals surface area contributed by atoms with Crippen molar-refractivity contribution in [2.75, 3.05) is 24.6 Å². The van der Waals surface area contributed by atoms with E-state index in [0.717, 1.165) is 24.3 Å². The van der Waals surface area contributed by atoms with Crippen LogP contribution in [0.15, 0.2) is 47.1 Å². The van der Waals surface area contributed by atoms with E-state index in [-0.39, 0.29) is 18.1 Å². The van der Waals surface area contributed by atoms with E-state index in [1.54, 1.807) is 13.8 Å². The van der Waals surface area contributed by atoms with Gasteiger partial charge in [0, 0.05) is 18.8 Å². The zero-order valence-electron chi connectivity index (χ0n) is 16.5. The Morgan fingerprint density at radius 1 is 1.25 bits per heavy atom. The van der Waals surface area contributed by atoms with Gasteiger partial charge in [-0.3, -0.25) is 0 Å². The highest BCUT2D eigenvalue weighted by Crippen LogP contribution is 2.40. The maximum absolute atomic E-state index is 12.6. The third kappa shape index (κ3) is 3.99. The molecule has 0 spiro atoms. The lowest BCUT2D eigenvalue weighted by atomic mass is 9.83. The maximum Gasteiger partial charge on any atom is 0.338 e. The Hall–Kier alpha value is -2.94. The van der Waals surface area contributed by atoms with Crippen molar-refractivity contribution in [3.63, 3.8) is 0 Å². The van der Waals surface area contributed by atoms with E-state index in [1.165, 1.54) is 25.7 Å². The molecule has 148 valence electrons. The number of ether oxygens (including phenoxy) is 2. The summed E-state index contributed by atoms with van der Waals surface area (Å²) in [6, 6.07) is 10.2. The molecule has 6 nitrogen and oxygen atoms in total. The predicted octanol–water partition coefficient (Wildman–Crippen LogP) is 3.71. The van der Waals surface area contributed by atoms with Gasteiger partial charge >= 0.3 is 5.97 Å². The minimum atomic E-state index is -0.587. The lowest BCUT2D eigenvalue weighted by Crippen LogP contribution is -2.26. The second-order valence-corrected chi connectivity index (χ2v) is 7.11. The van der Waals surface area contributed by atoms with Crippen molar-refractivity contribution in [3.8, 4) is 6.07 Å². The Labute approximate surface area is 166 Å². The van der Waals surface area contributed by atoms with Crippen molar-refractivity contribution in [2.24, 2.45) is 5.73 Å². The Morgan fingerprint density at radius 2 is 1.89 bits per heavy atom. The van der Waals surface area contributed by atoms with Gasteiger partial charge in [-0.05, 0) is 44.4 Å². The third-order valence-electron chi connectivity index (χ3n) is 5.30. The van der Waals surface area contributed by atoms with Crippen molar-refractivity contribution >= 4 is 11.7 Å². The first-order valence-electron chi connectivity index (χ1n) is 9.87. The second-order valence-electron chi connectivity index (χ2n) is 7.11. The number of esters is 1. The fourth-order valence-corrected chi connectivity index (χ4v) is 3.89. The number of carbonyl (C=O) groups excluding carboxylic acids is 1. The molecule has 28 heavy (non-hydrogen) atoms. The minimum absolute atomic E-state index is 0.0367. The van der Waals surface area contributed by atoms with E-state index in [0.29, 0.717) is 11.3 Å². The molecule has 0 amide bonds. The molecule has 1 unspecified atom stereocenters. The first-order valence-corrected chi connectivity index (χ1v) is 9.87.